The number of alkyl halides is 3. The Bertz CT molecular complexity index is 570. The summed E-state index contributed by atoms with van der Waals surface area (Å²) in [5, 5.41) is 12.0. The minimum Gasteiger partial charge on any atom is -0.478 e. The van der Waals surface area contributed by atoms with Gasteiger partial charge in [0, 0.05) is 17.3 Å². The molecule has 9 heteroatoms. The van der Waals surface area contributed by atoms with Gasteiger partial charge in [-0.1, -0.05) is 0 Å². The van der Waals surface area contributed by atoms with Crippen LogP contribution in [0.1, 0.15) is 5.56 Å². The topological polar surface area (TPSA) is 78.4 Å². The zero-order chi connectivity index (χ0) is 16.0. The first kappa shape index (κ1) is 16.5. The minimum absolute atomic E-state index is 0.0429. The molecule has 21 heavy (non-hydrogen) atoms. The van der Waals surface area contributed by atoms with Gasteiger partial charge < -0.3 is 15.7 Å². The van der Waals surface area contributed by atoms with Crippen molar-refractivity contribution in [2.24, 2.45) is 0 Å². The predicted octanol–water partition coefficient (Wildman–Crippen LogP) is 2.61. The largest absolute Gasteiger partial charge is 0.478 e. The highest BCUT2D eigenvalue weighted by Crippen LogP contribution is 2.16. The van der Waals surface area contributed by atoms with Gasteiger partial charge in [0.25, 0.3) is 0 Å². The third kappa shape index (κ3) is 6.41. The molecule has 1 aromatic carbocycles. The summed E-state index contributed by atoms with van der Waals surface area (Å²) in [5.41, 5.74) is -0.113. The number of rotatable bonds is 4. The van der Waals surface area contributed by atoms with Gasteiger partial charge in [-0.25, -0.2) is 14.0 Å². The molecule has 0 fully saturated rings. The van der Waals surface area contributed by atoms with Gasteiger partial charge in [0.2, 0.25) is 0 Å². The van der Waals surface area contributed by atoms with Crippen molar-refractivity contribution in [2.75, 3.05) is 11.9 Å². The van der Waals surface area contributed by atoms with E-state index in [1.54, 1.807) is 5.32 Å². The Labute approximate surface area is 116 Å². The van der Waals surface area contributed by atoms with Gasteiger partial charge in [-0.2, -0.15) is 13.2 Å². The van der Waals surface area contributed by atoms with Crippen LogP contribution in [0.2, 0.25) is 0 Å². The van der Waals surface area contributed by atoms with Crippen LogP contribution in [0, 0.1) is 5.82 Å². The summed E-state index contributed by atoms with van der Waals surface area (Å²) in [5.74, 6) is -2.09. The molecule has 0 radical (unpaired) electrons. The van der Waals surface area contributed by atoms with E-state index in [0.717, 1.165) is 18.2 Å². The van der Waals surface area contributed by atoms with E-state index in [1.165, 1.54) is 12.1 Å². The summed E-state index contributed by atoms with van der Waals surface area (Å²) >= 11 is 0. The van der Waals surface area contributed by atoms with E-state index in [0.29, 0.717) is 0 Å². The number of halogens is 4. The molecule has 1 aromatic rings. The van der Waals surface area contributed by atoms with Crippen molar-refractivity contribution in [3.05, 3.63) is 35.7 Å². The molecule has 0 saturated heterocycles. The molecule has 0 aromatic heterocycles. The second-order valence-electron chi connectivity index (χ2n) is 3.83. The van der Waals surface area contributed by atoms with Crippen LogP contribution >= 0.6 is 0 Å². The Kier molecular flexibility index (Phi) is 5.28. The molecular formula is C12H10F4N2O3. The third-order valence-electron chi connectivity index (χ3n) is 2.11. The zero-order valence-corrected chi connectivity index (χ0v) is 10.4. The number of carbonyl (C=O) groups excluding carboxylic acids is 1. The molecule has 0 heterocycles. The quantitative estimate of drug-likeness (QED) is 0.591. The Morgan fingerprint density at radius 1 is 1.29 bits per heavy atom. The van der Waals surface area contributed by atoms with Gasteiger partial charge in [0.1, 0.15) is 12.4 Å². The number of nitrogens with one attached hydrogen (secondary N) is 2. The standard InChI is InChI=1S/C12H10F4N2O3/c13-9-5-8(3-1-7(9)2-4-10(19)20)18-11(21)17-6-12(14,15)16/h1-5H,6H2,(H,19,20)(H2,17,18,21)/b4-2+. The van der Waals surface area contributed by atoms with Crippen LogP contribution in [-0.2, 0) is 4.79 Å². The number of carboxylic acids is 1. The van der Waals surface area contributed by atoms with E-state index in [2.05, 4.69) is 0 Å². The number of hydrogen-bond acceptors (Lipinski definition) is 2. The molecule has 5 nitrogen and oxygen atoms in total. The van der Waals surface area contributed by atoms with Crippen LogP contribution in [0.5, 0.6) is 0 Å². The normalized spacial score (nSPS) is 11.4. The minimum atomic E-state index is -4.55. The number of urea groups is 1. The predicted molar refractivity (Wildman–Crippen MR) is 66.1 cm³/mol. The maximum Gasteiger partial charge on any atom is 0.405 e. The zero-order valence-electron chi connectivity index (χ0n) is 10.4. The number of amides is 2. The van der Waals surface area contributed by atoms with E-state index in [9.17, 15) is 27.2 Å². The lowest BCUT2D eigenvalue weighted by Crippen LogP contribution is -2.36. The van der Waals surface area contributed by atoms with Gasteiger partial charge in [0.05, 0.1) is 0 Å². The van der Waals surface area contributed by atoms with Crippen molar-refractivity contribution < 1.29 is 32.3 Å². The first-order chi connectivity index (χ1) is 9.67. The smallest absolute Gasteiger partial charge is 0.405 e. The second kappa shape index (κ2) is 6.73. The molecule has 3 N–H and O–H groups in total. The molecular weight excluding hydrogens is 296 g/mol. The molecule has 0 aliphatic rings. The highest BCUT2D eigenvalue weighted by Gasteiger charge is 2.27. The first-order valence-corrected chi connectivity index (χ1v) is 5.49. The Morgan fingerprint density at radius 3 is 2.48 bits per heavy atom. The van der Waals surface area contributed by atoms with Crippen molar-refractivity contribution in [1.82, 2.24) is 5.32 Å². The number of hydrogen-bond donors (Lipinski definition) is 3. The van der Waals surface area contributed by atoms with E-state index < -0.39 is 30.5 Å². The van der Waals surface area contributed by atoms with E-state index in [1.807, 2.05) is 5.32 Å². The van der Waals surface area contributed by atoms with Crippen LogP contribution in [-0.4, -0.2) is 29.8 Å². The summed E-state index contributed by atoms with van der Waals surface area (Å²) in [6.07, 6.45) is -2.82. The lowest BCUT2D eigenvalue weighted by molar-refractivity contribution is -0.131. The Hall–Kier alpha value is -2.58. The molecule has 0 aliphatic heterocycles. The molecule has 2 amide bonds. The highest BCUT2D eigenvalue weighted by atomic mass is 19.4. The fourth-order valence-corrected chi connectivity index (χ4v) is 1.26. The van der Waals surface area contributed by atoms with Crippen LogP contribution in [0.15, 0.2) is 24.3 Å². The van der Waals surface area contributed by atoms with Crippen LogP contribution in [0.3, 0.4) is 0 Å². The van der Waals surface area contributed by atoms with Crippen LogP contribution in [0.25, 0.3) is 6.08 Å². The third-order valence-corrected chi connectivity index (χ3v) is 2.11. The van der Waals surface area contributed by atoms with E-state index in [-0.39, 0.29) is 11.3 Å². The fraction of sp³-hybridized carbons (Fsp3) is 0.167. The Morgan fingerprint density at radius 2 is 1.95 bits per heavy atom. The number of benzene rings is 1. The number of carboxylic acid groups (broad SMARTS) is 1. The molecule has 0 aliphatic carbocycles. The van der Waals surface area contributed by atoms with Crippen molar-refractivity contribution >= 4 is 23.8 Å². The molecule has 1 rings (SSSR count). The molecule has 0 atom stereocenters. The molecule has 0 unspecified atom stereocenters. The molecule has 0 saturated carbocycles. The highest BCUT2D eigenvalue weighted by molar-refractivity contribution is 5.89. The van der Waals surface area contributed by atoms with E-state index in [4.69, 9.17) is 5.11 Å². The van der Waals surface area contributed by atoms with Gasteiger partial charge in [-0.05, 0) is 24.3 Å². The number of carbonyl (C=O) groups is 2. The van der Waals surface area contributed by atoms with Crippen molar-refractivity contribution in [3.8, 4) is 0 Å². The first-order valence-electron chi connectivity index (χ1n) is 5.49. The van der Waals surface area contributed by atoms with Crippen molar-refractivity contribution in [3.63, 3.8) is 0 Å². The van der Waals surface area contributed by atoms with Crippen molar-refractivity contribution in [2.45, 2.75) is 6.18 Å². The summed E-state index contributed by atoms with van der Waals surface area (Å²) in [6, 6.07) is 2.11. The second-order valence-corrected chi connectivity index (χ2v) is 3.83. The van der Waals surface area contributed by atoms with Gasteiger partial charge in [-0.15, -0.1) is 0 Å². The summed E-state index contributed by atoms with van der Waals surface area (Å²) in [6.45, 7) is -1.51. The SMILES string of the molecule is O=C(O)/C=C/c1ccc(NC(=O)NCC(F)(F)F)cc1F. The lowest BCUT2D eigenvalue weighted by Gasteiger charge is -2.10. The molecule has 0 bridgehead atoms. The van der Waals surface area contributed by atoms with Crippen LogP contribution in [0.4, 0.5) is 28.0 Å². The lowest BCUT2D eigenvalue weighted by atomic mass is 10.2. The average molecular weight is 306 g/mol. The molecule has 114 valence electrons. The summed E-state index contributed by atoms with van der Waals surface area (Å²) < 4.78 is 49.1. The maximum atomic E-state index is 13.5. The average Bonchev–Trinajstić information content (AvgIpc) is 2.34. The van der Waals surface area contributed by atoms with Crippen molar-refractivity contribution in [1.29, 1.82) is 0 Å². The van der Waals surface area contributed by atoms with Crippen LogP contribution < -0.4 is 10.6 Å². The maximum absolute atomic E-state index is 13.5. The van der Waals surface area contributed by atoms with Gasteiger partial charge in [-0.3, -0.25) is 0 Å². The number of aliphatic carboxylic acids is 1. The molecule has 0 spiro atoms. The summed E-state index contributed by atoms with van der Waals surface area (Å²) in [7, 11) is 0. The van der Waals surface area contributed by atoms with Gasteiger partial charge in [0.15, 0.2) is 0 Å². The summed E-state index contributed by atoms with van der Waals surface area (Å²) in [4.78, 5) is 21.4. The van der Waals surface area contributed by atoms with E-state index >= 15 is 0 Å². The Balaban J connectivity index is 2.67. The monoisotopic (exact) mass is 306 g/mol. The fourth-order valence-electron chi connectivity index (χ4n) is 1.26. The number of anilines is 1. The van der Waals surface area contributed by atoms with Gasteiger partial charge >= 0.3 is 18.2 Å².